The van der Waals surface area contributed by atoms with Gasteiger partial charge in [0.05, 0.1) is 18.3 Å². The van der Waals surface area contributed by atoms with E-state index in [0.717, 1.165) is 31.0 Å². The normalized spacial score (nSPS) is 28.0. The van der Waals surface area contributed by atoms with Crippen LogP contribution in [0.1, 0.15) is 62.6 Å². The summed E-state index contributed by atoms with van der Waals surface area (Å²) in [6.07, 6.45) is 9.96. The number of likely N-dealkylation sites (tertiary alicyclic amines) is 1. The highest BCUT2D eigenvalue weighted by atomic mass is 16.4. The van der Waals surface area contributed by atoms with E-state index >= 15 is 0 Å². The fourth-order valence-corrected chi connectivity index (χ4v) is 3.88. The third kappa shape index (κ3) is 3.12. The first-order valence-corrected chi connectivity index (χ1v) is 8.12. The van der Waals surface area contributed by atoms with Crippen LogP contribution >= 0.6 is 0 Å². The fraction of sp³-hybridized carbons (Fsp3) is 0.750. The molecule has 3 rings (SSSR count). The number of hydrogen-bond donors (Lipinski definition) is 1. The molecule has 116 valence electrons. The molecule has 1 aliphatic carbocycles. The summed E-state index contributed by atoms with van der Waals surface area (Å²) in [5.74, 6) is 2.03. The predicted molar refractivity (Wildman–Crippen MR) is 79.5 cm³/mol. The minimum atomic E-state index is -0.211. The minimum Gasteiger partial charge on any atom is -0.444 e. The Bertz CT molecular complexity index is 493. The van der Waals surface area contributed by atoms with Gasteiger partial charge < -0.3 is 10.2 Å². The van der Waals surface area contributed by atoms with Crippen molar-refractivity contribution in [3.05, 3.63) is 17.8 Å². The zero-order valence-corrected chi connectivity index (χ0v) is 12.8. The van der Waals surface area contributed by atoms with Crippen molar-refractivity contribution in [2.24, 2.45) is 11.7 Å². The number of amides is 1. The van der Waals surface area contributed by atoms with Crippen molar-refractivity contribution in [3.8, 4) is 0 Å². The lowest BCUT2D eigenvalue weighted by Crippen LogP contribution is -2.43. The first kappa shape index (κ1) is 14.6. The Balaban J connectivity index is 1.76. The van der Waals surface area contributed by atoms with Crippen molar-refractivity contribution in [2.75, 3.05) is 6.54 Å². The van der Waals surface area contributed by atoms with Crippen molar-refractivity contribution in [3.63, 3.8) is 0 Å². The summed E-state index contributed by atoms with van der Waals surface area (Å²) in [4.78, 5) is 18.4. The number of aryl methyl sites for hydroxylation is 1. The van der Waals surface area contributed by atoms with Crippen LogP contribution in [0.3, 0.4) is 0 Å². The summed E-state index contributed by atoms with van der Waals surface area (Å²) in [6, 6.07) is -0.0535. The highest BCUT2D eigenvalue weighted by molar-refractivity contribution is 5.80. The van der Waals surface area contributed by atoms with Gasteiger partial charge in [-0.2, -0.15) is 0 Å². The summed E-state index contributed by atoms with van der Waals surface area (Å²) < 4.78 is 5.71. The second kappa shape index (κ2) is 6.18. The molecule has 5 heteroatoms. The third-order valence-electron chi connectivity index (χ3n) is 4.96. The van der Waals surface area contributed by atoms with Crippen LogP contribution in [0.15, 0.2) is 10.6 Å². The highest BCUT2D eigenvalue weighted by Crippen LogP contribution is 2.38. The van der Waals surface area contributed by atoms with E-state index in [-0.39, 0.29) is 18.0 Å². The molecule has 21 heavy (non-hydrogen) atoms. The van der Waals surface area contributed by atoms with E-state index in [0.29, 0.717) is 5.92 Å². The molecule has 0 bridgehead atoms. The fourth-order valence-electron chi connectivity index (χ4n) is 3.88. The van der Waals surface area contributed by atoms with E-state index in [1.165, 1.54) is 32.1 Å². The van der Waals surface area contributed by atoms with Gasteiger partial charge in [0, 0.05) is 6.54 Å². The molecule has 1 saturated carbocycles. The second-order valence-electron chi connectivity index (χ2n) is 6.52. The van der Waals surface area contributed by atoms with Crippen LogP contribution in [0.4, 0.5) is 0 Å². The maximum Gasteiger partial charge on any atom is 0.234 e. The maximum atomic E-state index is 11.8. The molecule has 2 fully saturated rings. The smallest absolute Gasteiger partial charge is 0.234 e. The zero-order chi connectivity index (χ0) is 14.8. The number of aromatic nitrogens is 1. The lowest BCUT2D eigenvalue weighted by Gasteiger charge is -2.32. The van der Waals surface area contributed by atoms with Crippen LogP contribution in [0.25, 0.3) is 0 Å². The van der Waals surface area contributed by atoms with Gasteiger partial charge in [-0.05, 0) is 38.5 Å². The first-order chi connectivity index (χ1) is 10.1. The molecule has 2 aliphatic rings. The van der Waals surface area contributed by atoms with Crippen LogP contribution in [0.5, 0.6) is 0 Å². The van der Waals surface area contributed by atoms with Crippen LogP contribution in [-0.2, 0) is 4.79 Å². The molecule has 0 spiro atoms. The van der Waals surface area contributed by atoms with E-state index in [1.54, 1.807) is 6.20 Å². The molecule has 0 radical (unpaired) electrons. The van der Waals surface area contributed by atoms with Crippen LogP contribution < -0.4 is 5.73 Å². The van der Waals surface area contributed by atoms with Gasteiger partial charge in [-0.25, -0.2) is 4.98 Å². The molecule has 0 aromatic carbocycles. The van der Waals surface area contributed by atoms with Crippen LogP contribution in [0.2, 0.25) is 0 Å². The van der Waals surface area contributed by atoms with Gasteiger partial charge in [0.1, 0.15) is 5.76 Å². The zero-order valence-electron chi connectivity index (χ0n) is 12.8. The van der Waals surface area contributed by atoms with E-state index in [9.17, 15) is 4.79 Å². The quantitative estimate of drug-likeness (QED) is 0.925. The van der Waals surface area contributed by atoms with E-state index in [4.69, 9.17) is 10.2 Å². The number of nitrogens with two attached hydrogens (primary N) is 1. The van der Waals surface area contributed by atoms with Gasteiger partial charge >= 0.3 is 0 Å². The molecule has 5 nitrogen and oxygen atoms in total. The number of hydrogen-bond acceptors (Lipinski definition) is 4. The maximum absolute atomic E-state index is 11.8. The molecule has 1 aromatic heterocycles. The van der Waals surface area contributed by atoms with Gasteiger partial charge in [0.15, 0.2) is 0 Å². The summed E-state index contributed by atoms with van der Waals surface area (Å²) in [5.41, 5.74) is 5.61. The number of carbonyl (C=O) groups excluding carboxylic acids is 1. The number of rotatable bonds is 4. The molecule has 1 saturated heterocycles. The van der Waals surface area contributed by atoms with Crippen LogP contribution in [0, 0.1) is 12.8 Å². The van der Waals surface area contributed by atoms with Crippen LogP contribution in [-0.4, -0.2) is 28.4 Å². The second-order valence-corrected chi connectivity index (χ2v) is 6.52. The molecule has 1 aromatic rings. The van der Waals surface area contributed by atoms with Crippen molar-refractivity contribution in [1.29, 1.82) is 0 Å². The minimum absolute atomic E-state index is 0.109. The molecule has 2 atom stereocenters. The van der Waals surface area contributed by atoms with E-state index in [2.05, 4.69) is 9.88 Å². The lowest BCUT2D eigenvalue weighted by molar-refractivity contribution is -0.123. The summed E-state index contributed by atoms with van der Waals surface area (Å²) in [7, 11) is 0. The topological polar surface area (TPSA) is 72.4 Å². The number of primary amides is 1. The average Bonchev–Trinajstić information content (AvgIpc) is 3.06. The molecule has 1 amide bonds. The third-order valence-corrected chi connectivity index (χ3v) is 4.96. The Kier molecular flexibility index (Phi) is 4.29. The SMILES string of the molecule is Cc1cnc([C@@H]2CCC(C(N)=O)N2CC2CCCCC2)o1. The van der Waals surface area contributed by atoms with E-state index in [1.807, 2.05) is 6.92 Å². The van der Waals surface area contributed by atoms with Crippen molar-refractivity contribution in [1.82, 2.24) is 9.88 Å². The Labute approximate surface area is 125 Å². The van der Waals surface area contributed by atoms with E-state index < -0.39 is 0 Å². The molecular weight excluding hydrogens is 266 g/mol. The molecule has 2 N–H and O–H groups in total. The van der Waals surface area contributed by atoms with Gasteiger partial charge in [-0.15, -0.1) is 0 Å². The number of oxazole rings is 1. The Morgan fingerprint density at radius 2 is 2.10 bits per heavy atom. The molecule has 1 unspecified atom stereocenters. The average molecular weight is 291 g/mol. The van der Waals surface area contributed by atoms with Crippen molar-refractivity contribution >= 4 is 5.91 Å². The monoisotopic (exact) mass is 291 g/mol. The van der Waals surface area contributed by atoms with Crippen molar-refractivity contribution in [2.45, 2.75) is 64.0 Å². The van der Waals surface area contributed by atoms with Gasteiger partial charge in [0.2, 0.25) is 11.8 Å². The van der Waals surface area contributed by atoms with Crippen molar-refractivity contribution < 1.29 is 9.21 Å². The predicted octanol–water partition coefficient (Wildman–Crippen LogP) is 2.55. The lowest BCUT2D eigenvalue weighted by atomic mass is 9.88. The van der Waals surface area contributed by atoms with Gasteiger partial charge in [0.25, 0.3) is 0 Å². The Morgan fingerprint density at radius 3 is 2.71 bits per heavy atom. The summed E-state index contributed by atoms with van der Waals surface area (Å²) >= 11 is 0. The first-order valence-electron chi connectivity index (χ1n) is 8.12. The summed E-state index contributed by atoms with van der Waals surface area (Å²) in [6.45, 7) is 2.85. The number of carbonyl (C=O) groups is 1. The largest absolute Gasteiger partial charge is 0.444 e. The van der Waals surface area contributed by atoms with Gasteiger partial charge in [-0.3, -0.25) is 9.69 Å². The Hall–Kier alpha value is -1.36. The summed E-state index contributed by atoms with van der Waals surface area (Å²) in [5, 5.41) is 0. The standard InChI is InChI=1S/C16H25N3O2/c1-11-9-18-16(21-11)14-8-7-13(15(17)20)19(14)10-12-5-3-2-4-6-12/h9,12-14H,2-8,10H2,1H3,(H2,17,20)/t13?,14-/m0/s1. The highest BCUT2D eigenvalue weighted by Gasteiger charge is 2.40. The van der Waals surface area contributed by atoms with Gasteiger partial charge in [-0.1, -0.05) is 19.3 Å². The molecule has 2 heterocycles. The molecular formula is C16H25N3O2. The molecule has 1 aliphatic heterocycles. The number of nitrogens with zero attached hydrogens (tertiary/aromatic N) is 2. The Morgan fingerprint density at radius 1 is 1.33 bits per heavy atom.